The predicted octanol–water partition coefficient (Wildman–Crippen LogP) is 3.28. The Bertz CT molecular complexity index is 295. The number of hydrogen-bond donors (Lipinski definition) is 0. The van der Waals surface area contributed by atoms with Gasteiger partial charge in [-0.15, -0.1) is 0 Å². The molecule has 0 heterocycles. The number of rotatable bonds is 2. The van der Waals surface area contributed by atoms with Gasteiger partial charge in [0.15, 0.2) is 0 Å². The molecular formula is C11H14F2O. The van der Waals surface area contributed by atoms with Crippen molar-refractivity contribution in [2.45, 2.75) is 33.0 Å². The molecule has 0 aliphatic rings. The fraction of sp³-hybridized carbons (Fsp3) is 0.455. The zero-order valence-electron chi connectivity index (χ0n) is 8.60. The quantitative estimate of drug-likeness (QED) is 0.711. The summed E-state index contributed by atoms with van der Waals surface area (Å²) < 4.78 is 31.5. The van der Waals surface area contributed by atoms with E-state index in [0.717, 1.165) is 0 Å². The molecule has 0 radical (unpaired) electrons. The second kappa shape index (κ2) is 4.05. The summed E-state index contributed by atoms with van der Waals surface area (Å²) in [5.41, 5.74) is -0.406. The first kappa shape index (κ1) is 11.1. The Hall–Kier alpha value is -0.960. The van der Waals surface area contributed by atoms with Crippen molar-refractivity contribution in [2.75, 3.05) is 0 Å². The standard InChI is InChI=1S/C11H14F2O/c1-11(2,3)14-7-8-9(12)5-4-6-10(8)13/h4-6H,7H2,1-3H3. The van der Waals surface area contributed by atoms with E-state index in [2.05, 4.69) is 0 Å². The molecule has 14 heavy (non-hydrogen) atoms. The van der Waals surface area contributed by atoms with Crippen molar-refractivity contribution in [3.63, 3.8) is 0 Å². The number of halogens is 2. The molecule has 0 saturated heterocycles. The van der Waals surface area contributed by atoms with Crippen molar-refractivity contribution < 1.29 is 13.5 Å². The highest BCUT2D eigenvalue weighted by Crippen LogP contribution is 2.17. The predicted molar refractivity (Wildman–Crippen MR) is 50.9 cm³/mol. The first-order valence-electron chi connectivity index (χ1n) is 4.47. The van der Waals surface area contributed by atoms with Crippen molar-refractivity contribution in [3.8, 4) is 0 Å². The van der Waals surface area contributed by atoms with E-state index in [4.69, 9.17) is 4.74 Å². The van der Waals surface area contributed by atoms with Crippen LogP contribution in [0.1, 0.15) is 26.3 Å². The second-order valence-corrected chi connectivity index (χ2v) is 4.10. The number of ether oxygens (including phenoxy) is 1. The van der Waals surface area contributed by atoms with Crippen LogP contribution < -0.4 is 0 Å². The molecule has 0 saturated carbocycles. The van der Waals surface area contributed by atoms with Crippen LogP contribution in [0.4, 0.5) is 8.78 Å². The van der Waals surface area contributed by atoms with Gasteiger partial charge in [-0.3, -0.25) is 0 Å². The Morgan fingerprint density at radius 1 is 1.14 bits per heavy atom. The van der Waals surface area contributed by atoms with Gasteiger partial charge in [0.25, 0.3) is 0 Å². The van der Waals surface area contributed by atoms with Crippen molar-refractivity contribution in [1.29, 1.82) is 0 Å². The van der Waals surface area contributed by atoms with Crippen LogP contribution in [0.25, 0.3) is 0 Å². The van der Waals surface area contributed by atoms with Gasteiger partial charge in [0.05, 0.1) is 12.2 Å². The molecule has 1 aromatic rings. The summed E-state index contributed by atoms with van der Waals surface area (Å²) in [4.78, 5) is 0. The Morgan fingerprint density at radius 2 is 1.64 bits per heavy atom. The molecule has 0 spiro atoms. The molecule has 0 atom stereocenters. The molecule has 0 aromatic heterocycles. The molecule has 0 aliphatic heterocycles. The summed E-state index contributed by atoms with van der Waals surface area (Å²) in [5.74, 6) is -1.12. The smallest absolute Gasteiger partial charge is 0.131 e. The van der Waals surface area contributed by atoms with Crippen LogP contribution >= 0.6 is 0 Å². The van der Waals surface area contributed by atoms with Crippen LogP contribution in [0.15, 0.2) is 18.2 Å². The summed E-state index contributed by atoms with van der Waals surface area (Å²) >= 11 is 0. The molecule has 0 aliphatic carbocycles. The molecule has 3 heteroatoms. The van der Waals surface area contributed by atoms with Gasteiger partial charge in [0.2, 0.25) is 0 Å². The maximum Gasteiger partial charge on any atom is 0.131 e. The lowest BCUT2D eigenvalue weighted by Crippen LogP contribution is -2.19. The number of benzene rings is 1. The Morgan fingerprint density at radius 3 is 2.07 bits per heavy atom. The average Bonchev–Trinajstić information content (AvgIpc) is 2.01. The van der Waals surface area contributed by atoms with Crippen molar-refractivity contribution >= 4 is 0 Å². The first-order chi connectivity index (χ1) is 6.40. The minimum absolute atomic E-state index is 0.0116. The third kappa shape index (κ3) is 3.07. The van der Waals surface area contributed by atoms with E-state index in [0.29, 0.717) is 0 Å². The van der Waals surface area contributed by atoms with E-state index in [9.17, 15) is 8.78 Å². The van der Waals surface area contributed by atoms with Gasteiger partial charge >= 0.3 is 0 Å². The van der Waals surface area contributed by atoms with E-state index in [-0.39, 0.29) is 12.2 Å². The topological polar surface area (TPSA) is 9.23 Å². The van der Waals surface area contributed by atoms with Gasteiger partial charge < -0.3 is 4.74 Å². The minimum atomic E-state index is -0.561. The van der Waals surface area contributed by atoms with Crippen molar-refractivity contribution in [3.05, 3.63) is 35.4 Å². The Balaban J connectivity index is 2.77. The first-order valence-corrected chi connectivity index (χ1v) is 4.47. The third-order valence-corrected chi connectivity index (χ3v) is 1.71. The molecule has 1 nitrogen and oxygen atoms in total. The Labute approximate surface area is 82.7 Å². The third-order valence-electron chi connectivity index (χ3n) is 1.71. The van der Waals surface area contributed by atoms with E-state index < -0.39 is 17.2 Å². The maximum absolute atomic E-state index is 13.1. The van der Waals surface area contributed by atoms with Gasteiger partial charge in [-0.05, 0) is 32.9 Å². The van der Waals surface area contributed by atoms with Crippen molar-refractivity contribution in [2.24, 2.45) is 0 Å². The van der Waals surface area contributed by atoms with Gasteiger partial charge in [0, 0.05) is 5.56 Å². The summed E-state index contributed by atoms with van der Waals surface area (Å²) in [5, 5.41) is 0. The largest absolute Gasteiger partial charge is 0.371 e. The molecule has 0 amide bonds. The highest BCUT2D eigenvalue weighted by molar-refractivity contribution is 5.18. The molecule has 78 valence electrons. The van der Waals surface area contributed by atoms with Gasteiger partial charge in [-0.1, -0.05) is 6.07 Å². The van der Waals surface area contributed by atoms with Crippen LogP contribution in [-0.2, 0) is 11.3 Å². The SMILES string of the molecule is CC(C)(C)OCc1c(F)cccc1F. The second-order valence-electron chi connectivity index (χ2n) is 4.10. The van der Waals surface area contributed by atoms with Crippen LogP contribution in [0, 0.1) is 11.6 Å². The molecule has 0 fully saturated rings. The fourth-order valence-corrected chi connectivity index (χ4v) is 0.959. The van der Waals surface area contributed by atoms with E-state index in [1.54, 1.807) is 0 Å². The summed E-state index contributed by atoms with van der Waals surface area (Å²) in [7, 11) is 0. The van der Waals surface area contributed by atoms with E-state index in [1.807, 2.05) is 20.8 Å². The molecule has 0 bridgehead atoms. The maximum atomic E-state index is 13.1. The molecule has 0 N–H and O–H groups in total. The lowest BCUT2D eigenvalue weighted by atomic mass is 10.1. The van der Waals surface area contributed by atoms with Crippen LogP contribution in [-0.4, -0.2) is 5.60 Å². The highest BCUT2D eigenvalue weighted by Gasteiger charge is 2.14. The minimum Gasteiger partial charge on any atom is -0.371 e. The number of hydrogen-bond acceptors (Lipinski definition) is 1. The molecule has 1 rings (SSSR count). The lowest BCUT2D eigenvalue weighted by Gasteiger charge is -2.19. The average molecular weight is 200 g/mol. The van der Waals surface area contributed by atoms with Crippen LogP contribution in [0.3, 0.4) is 0 Å². The van der Waals surface area contributed by atoms with Gasteiger partial charge in [-0.2, -0.15) is 0 Å². The monoisotopic (exact) mass is 200 g/mol. The lowest BCUT2D eigenvalue weighted by molar-refractivity contribution is -0.0173. The van der Waals surface area contributed by atoms with Gasteiger partial charge in [0.1, 0.15) is 11.6 Å². The van der Waals surface area contributed by atoms with Crippen LogP contribution in [0.2, 0.25) is 0 Å². The van der Waals surface area contributed by atoms with E-state index in [1.165, 1.54) is 18.2 Å². The van der Waals surface area contributed by atoms with Crippen LogP contribution in [0.5, 0.6) is 0 Å². The fourth-order valence-electron chi connectivity index (χ4n) is 0.959. The molecule has 1 aromatic carbocycles. The molecule has 0 unspecified atom stereocenters. The van der Waals surface area contributed by atoms with Crippen molar-refractivity contribution in [1.82, 2.24) is 0 Å². The highest BCUT2D eigenvalue weighted by atomic mass is 19.1. The van der Waals surface area contributed by atoms with E-state index >= 15 is 0 Å². The summed E-state index contributed by atoms with van der Waals surface area (Å²) in [6.45, 7) is 5.48. The van der Waals surface area contributed by atoms with Gasteiger partial charge in [-0.25, -0.2) is 8.78 Å². The summed E-state index contributed by atoms with van der Waals surface area (Å²) in [6, 6.07) is 3.79. The zero-order valence-corrected chi connectivity index (χ0v) is 8.60. The molecular weight excluding hydrogens is 186 g/mol. The Kier molecular flexibility index (Phi) is 3.21. The normalized spacial score (nSPS) is 11.8. The zero-order chi connectivity index (χ0) is 10.8. The summed E-state index contributed by atoms with van der Waals surface area (Å²) in [6.07, 6.45) is 0.